The molecule has 0 heterocycles. The number of halogens is 1. The highest BCUT2D eigenvalue weighted by Crippen LogP contribution is 2.30. The van der Waals surface area contributed by atoms with Gasteiger partial charge in [0.05, 0.1) is 5.56 Å². The largest absolute Gasteiger partial charge is 0.351 e. The summed E-state index contributed by atoms with van der Waals surface area (Å²) in [6.45, 7) is 0.723. The van der Waals surface area contributed by atoms with E-state index in [1.54, 1.807) is 0 Å². The first kappa shape index (κ1) is 14.6. The maximum Gasteiger partial charge on any atom is 0.252 e. The Hall–Kier alpha value is -1.36. The Morgan fingerprint density at radius 3 is 2.76 bits per heavy atom. The van der Waals surface area contributed by atoms with Crippen molar-refractivity contribution in [3.8, 4) is 0 Å². The zero-order valence-corrected chi connectivity index (χ0v) is 14.0. The lowest BCUT2D eigenvalue weighted by atomic mass is 9.83. The Bertz CT molecular complexity index is 653. The number of fused-ring (bicyclic) bond motifs is 1. The molecule has 108 valence electrons. The molecule has 1 amide bonds. The molecule has 1 atom stereocenters. The molecule has 0 saturated heterocycles. The number of amides is 1. The van der Waals surface area contributed by atoms with Crippen LogP contribution >= 0.6 is 22.6 Å². The van der Waals surface area contributed by atoms with E-state index in [9.17, 15) is 4.79 Å². The number of nitrogens with one attached hydrogen (secondary N) is 1. The first-order valence-electron chi connectivity index (χ1n) is 7.36. The fourth-order valence-electron chi connectivity index (χ4n) is 3.02. The Balaban J connectivity index is 1.69. The van der Waals surface area contributed by atoms with Gasteiger partial charge in [-0.1, -0.05) is 36.4 Å². The fourth-order valence-corrected chi connectivity index (χ4v) is 3.66. The lowest BCUT2D eigenvalue weighted by molar-refractivity contribution is 0.0949. The second kappa shape index (κ2) is 6.60. The van der Waals surface area contributed by atoms with E-state index in [1.165, 1.54) is 17.5 Å². The lowest BCUT2D eigenvalue weighted by Gasteiger charge is -2.25. The molecule has 0 fully saturated rings. The molecule has 1 aliphatic carbocycles. The van der Waals surface area contributed by atoms with E-state index in [-0.39, 0.29) is 5.91 Å². The normalized spacial score (nSPS) is 17.1. The van der Waals surface area contributed by atoms with Crippen LogP contribution in [0.1, 0.15) is 40.2 Å². The maximum absolute atomic E-state index is 12.3. The summed E-state index contributed by atoms with van der Waals surface area (Å²) in [6, 6.07) is 16.3. The van der Waals surface area contributed by atoms with Crippen LogP contribution in [0.3, 0.4) is 0 Å². The molecule has 0 radical (unpaired) electrons. The van der Waals surface area contributed by atoms with E-state index >= 15 is 0 Å². The van der Waals surface area contributed by atoms with Gasteiger partial charge in [-0.25, -0.2) is 0 Å². The van der Waals surface area contributed by atoms with Gasteiger partial charge in [0.25, 0.3) is 5.91 Å². The summed E-state index contributed by atoms with van der Waals surface area (Å²) < 4.78 is 0.997. The molecular formula is C18H18INO. The standard InChI is InChI=1S/C18H18INO/c19-17-11-4-3-10-16(17)18(21)20-12-14-8-5-7-13-6-1-2-9-15(13)14/h1-4,6,9-11,14H,5,7-8,12H2,(H,20,21)/t14-/m0/s1. The third-order valence-electron chi connectivity index (χ3n) is 4.12. The number of benzene rings is 2. The van der Waals surface area contributed by atoms with Crippen LogP contribution in [-0.2, 0) is 6.42 Å². The molecular weight excluding hydrogens is 373 g/mol. The zero-order chi connectivity index (χ0) is 14.7. The lowest BCUT2D eigenvalue weighted by Crippen LogP contribution is -2.30. The van der Waals surface area contributed by atoms with E-state index < -0.39 is 0 Å². The van der Waals surface area contributed by atoms with Crippen LogP contribution in [0, 0.1) is 3.57 Å². The number of carbonyl (C=O) groups excluding carboxylic acids is 1. The summed E-state index contributed by atoms with van der Waals surface area (Å²) in [5, 5.41) is 3.11. The third kappa shape index (κ3) is 3.28. The first-order valence-corrected chi connectivity index (χ1v) is 8.44. The van der Waals surface area contributed by atoms with Crippen LogP contribution in [0.5, 0.6) is 0 Å². The van der Waals surface area contributed by atoms with Crippen molar-refractivity contribution in [3.63, 3.8) is 0 Å². The average Bonchev–Trinajstić information content (AvgIpc) is 2.53. The van der Waals surface area contributed by atoms with Gasteiger partial charge in [0.15, 0.2) is 0 Å². The Morgan fingerprint density at radius 2 is 1.90 bits per heavy atom. The van der Waals surface area contributed by atoms with Crippen LogP contribution in [0.2, 0.25) is 0 Å². The molecule has 2 aromatic rings. The molecule has 0 aliphatic heterocycles. The van der Waals surface area contributed by atoms with Crippen molar-refractivity contribution >= 4 is 28.5 Å². The Kier molecular flexibility index (Phi) is 4.58. The van der Waals surface area contributed by atoms with Gasteiger partial charge in [-0.15, -0.1) is 0 Å². The van der Waals surface area contributed by atoms with Crippen LogP contribution in [0.15, 0.2) is 48.5 Å². The SMILES string of the molecule is O=C(NC[C@@H]1CCCc2ccccc21)c1ccccc1I. The summed E-state index contributed by atoms with van der Waals surface area (Å²) >= 11 is 2.21. The van der Waals surface area contributed by atoms with Crippen LogP contribution < -0.4 is 5.32 Å². The van der Waals surface area contributed by atoms with Crippen molar-refractivity contribution in [2.75, 3.05) is 6.54 Å². The zero-order valence-electron chi connectivity index (χ0n) is 11.8. The van der Waals surface area contributed by atoms with Gasteiger partial charge >= 0.3 is 0 Å². The predicted octanol–water partition coefficient (Wildman–Crippen LogP) is 4.14. The molecule has 3 rings (SSSR count). The first-order chi connectivity index (χ1) is 10.3. The van der Waals surface area contributed by atoms with Gasteiger partial charge in [0.2, 0.25) is 0 Å². The third-order valence-corrected chi connectivity index (χ3v) is 5.06. The van der Waals surface area contributed by atoms with Gasteiger partial charge in [-0.2, -0.15) is 0 Å². The van der Waals surface area contributed by atoms with Crippen molar-refractivity contribution in [3.05, 3.63) is 68.8 Å². The molecule has 2 nitrogen and oxygen atoms in total. The summed E-state index contributed by atoms with van der Waals surface area (Å²) in [5.74, 6) is 0.475. The number of aryl methyl sites for hydroxylation is 1. The van der Waals surface area contributed by atoms with E-state index in [4.69, 9.17) is 0 Å². The summed E-state index contributed by atoms with van der Waals surface area (Å²) in [4.78, 5) is 12.3. The van der Waals surface area contributed by atoms with E-state index in [1.807, 2.05) is 24.3 Å². The summed E-state index contributed by atoms with van der Waals surface area (Å²) in [7, 11) is 0. The molecule has 1 N–H and O–H groups in total. The number of hydrogen-bond donors (Lipinski definition) is 1. The number of rotatable bonds is 3. The average molecular weight is 391 g/mol. The monoisotopic (exact) mass is 391 g/mol. The van der Waals surface area contributed by atoms with E-state index in [2.05, 4.69) is 52.2 Å². The van der Waals surface area contributed by atoms with Crippen LogP contribution in [0.4, 0.5) is 0 Å². The second-order valence-corrected chi connectivity index (χ2v) is 6.64. The highest BCUT2D eigenvalue weighted by molar-refractivity contribution is 14.1. The molecule has 0 saturated carbocycles. The predicted molar refractivity (Wildman–Crippen MR) is 93.6 cm³/mol. The van der Waals surface area contributed by atoms with Crippen molar-refractivity contribution in [2.24, 2.45) is 0 Å². The van der Waals surface area contributed by atoms with Crippen molar-refractivity contribution < 1.29 is 4.79 Å². The minimum absolute atomic E-state index is 0.0306. The molecule has 1 aliphatic rings. The van der Waals surface area contributed by atoms with Crippen molar-refractivity contribution in [2.45, 2.75) is 25.2 Å². The Labute approximate surface area is 139 Å². The van der Waals surface area contributed by atoms with Gasteiger partial charge in [-0.3, -0.25) is 4.79 Å². The van der Waals surface area contributed by atoms with Crippen molar-refractivity contribution in [1.29, 1.82) is 0 Å². The Morgan fingerprint density at radius 1 is 1.14 bits per heavy atom. The van der Waals surface area contributed by atoms with Gasteiger partial charge in [0.1, 0.15) is 0 Å². The summed E-state index contributed by atoms with van der Waals surface area (Å²) in [6.07, 6.45) is 3.53. The number of carbonyl (C=O) groups is 1. The summed E-state index contributed by atoms with van der Waals surface area (Å²) in [5.41, 5.74) is 3.62. The van der Waals surface area contributed by atoms with Gasteiger partial charge < -0.3 is 5.32 Å². The molecule has 0 unspecified atom stereocenters. The highest BCUT2D eigenvalue weighted by atomic mass is 127. The number of hydrogen-bond acceptors (Lipinski definition) is 1. The van der Waals surface area contributed by atoms with E-state index in [0.29, 0.717) is 5.92 Å². The van der Waals surface area contributed by atoms with Crippen LogP contribution in [-0.4, -0.2) is 12.5 Å². The minimum atomic E-state index is 0.0306. The van der Waals surface area contributed by atoms with Gasteiger partial charge in [0, 0.05) is 16.0 Å². The molecule has 2 aromatic carbocycles. The molecule has 0 aromatic heterocycles. The van der Waals surface area contributed by atoms with Gasteiger partial charge in [-0.05, 0) is 65.1 Å². The topological polar surface area (TPSA) is 29.1 Å². The highest BCUT2D eigenvalue weighted by Gasteiger charge is 2.20. The maximum atomic E-state index is 12.3. The molecule has 0 bridgehead atoms. The van der Waals surface area contributed by atoms with Crippen LogP contribution in [0.25, 0.3) is 0 Å². The minimum Gasteiger partial charge on any atom is -0.351 e. The fraction of sp³-hybridized carbons (Fsp3) is 0.278. The van der Waals surface area contributed by atoms with E-state index in [0.717, 1.165) is 28.5 Å². The molecule has 3 heteroatoms. The molecule has 0 spiro atoms. The smallest absolute Gasteiger partial charge is 0.252 e. The second-order valence-electron chi connectivity index (χ2n) is 5.48. The molecule has 21 heavy (non-hydrogen) atoms. The van der Waals surface area contributed by atoms with Crippen molar-refractivity contribution in [1.82, 2.24) is 5.32 Å². The quantitative estimate of drug-likeness (QED) is 0.783.